The zero-order chi connectivity index (χ0) is 24.9. The van der Waals surface area contributed by atoms with Crippen LogP contribution in [0, 0.1) is 12.8 Å². The Morgan fingerprint density at radius 3 is 2.28 bits per heavy atom. The molecule has 5 nitrogen and oxygen atoms in total. The molecule has 1 saturated carbocycles. The quantitative estimate of drug-likeness (QED) is 0.266. The highest BCUT2D eigenvalue weighted by Gasteiger charge is 2.29. The molecule has 0 bridgehead atoms. The van der Waals surface area contributed by atoms with E-state index in [0.29, 0.717) is 19.0 Å². The zero-order valence-corrected chi connectivity index (χ0v) is 21.2. The minimum absolute atomic E-state index is 0.541. The summed E-state index contributed by atoms with van der Waals surface area (Å²) in [5.74, 6) is 2.24. The standard InChI is InChI=1S/C31H35N3O2/c1-3-29-28(21-33(20-24-16-17-24)22-30(35)25-10-6-4-7-11-25)31(36-27-18-14-23(2)15-19-27)34(32-29)26-12-8-5-9-13-26/h4-15,18-19,24,30,35H,3,16-17,20-22H2,1-2H3. The topological polar surface area (TPSA) is 50.5 Å². The highest BCUT2D eigenvalue weighted by atomic mass is 16.5. The van der Waals surface area contributed by atoms with E-state index in [9.17, 15) is 5.11 Å². The fourth-order valence-corrected chi connectivity index (χ4v) is 4.61. The number of aromatic nitrogens is 2. The van der Waals surface area contributed by atoms with E-state index in [1.54, 1.807) is 0 Å². The van der Waals surface area contributed by atoms with E-state index < -0.39 is 6.10 Å². The van der Waals surface area contributed by atoms with Gasteiger partial charge in [0.05, 0.1) is 23.0 Å². The second-order valence-corrected chi connectivity index (χ2v) is 9.81. The number of benzene rings is 3. The van der Waals surface area contributed by atoms with Crippen molar-refractivity contribution in [3.63, 3.8) is 0 Å². The van der Waals surface area contributed by atoms with Gasteiger partial charge in [-0.25, -0.2) is 4.68 Å². The molecule has 36 heavy (non-hydrogen) atoms. The smallest absolute Gasteiger partial charge is 0.227 e. The third-order valence-electron chi connectivity index (χ3n) is 6.80. The van der Waals surface area contributed by atoms with E-state index in [-0.39, 0.29) is 0 Å². The van der Waals surface area contributed by atoms with Crippen molar-refractivity contribution in [3.8, 4) is 17.3 Å². The van der Waals surface area contributed by atoms with Crippen LogP contribution in [0.15, 0.2) is 84.9 Å². The largest absolute Gasteiger partial charge is 0.439 e. The number of nitrogens with zero attached hydrogens (tertiary/aromatic N) is 3. The SMILES string of the molecule is CCc1nn(-c2ccccc2)c(Oc2ccc(C)cc2)c1CN(CC1CC1)CC(O)c1ccccc1. The van der Waals surface area contributed by atoms with Crippen LogP contribution in [0.25, 0.3) is 5.69 Å². The van der Waals surface area contributed by atoms with Gasteiger partial charge in [0.25, 0.3) is 0 Å². The molecular weight excluding hydrogens is 446 g/mol. The average Bonchev–Trinajstić information content (AvgIpc) is 3.67. The van der Waals surface area contributed by atoms with E-state index in [2.05, 4.69) is 43.0 Å². The van der Waals surface area contributed by atoms with E-state index in [1.165, 1.54) is 18.4 Å². The molecule has 5 heteroatoms. The summed E-state index contributed by atoms with van der Waals surface area (Å²) in [5, 5.41) is 16.0. The average molecular weight is 482 g/mol. The maximum atomic E-state index is 11.0. The predicted molar refractivity (Wildman–Crippen MR) is 144 cm³/mol. The van der Waals surface area contributed by atoms with E-state index >= 15 is 0 Å². The summed E-state index contributed by atoms with van der Waals surface area (Å²) in [6, 6.07) is 28.3. The van der Waals surface area contributed by atoms with Crippen molar-refractivity contribution >= 4 is 0 Å². The van der Waals surface area contributed by atoms with Crippen LogP contribution in [-0.2, 0) is 13.0 Å². The first-order chi connectivity index (χ1) is 17.6. The van der Waals surface area contributed by atoms with E-state index in [0.717, 1.165) is 47.1 Å². The molecule has 0 spiro atoms. The van der Waals surface area contributed by atoms with Crippen molar-refractivity contribution in [3.05, 3.63) is 107 Å². The molecule has 1 fully saturated rings. The van der Waals surface area contributed by atoms with Gasteiger partial charge in [0, 0.05) is 19.6 Å². The second-order valence-electron chi connectivity index (χ2n) is 9.81. The molecular formula is C31H35N3O2. The lowest BCUT2D eigenvalue weighted by Gasteiger charge is -2.26. The molecule has 1 unspecified atom stereocenters. The van der Waals surface area contributed by atoms with Crippen LogP contribution in [0.4, 0.5) is 0 Å². The van der Waals surface area contributed by atoms with Crippen LogP contribution in [0.1, 0.15) is 48.3 Å². The van der Waals surface area contributed by atoms with Crippen molar-refractivity contribution < 1.29 is 9.84 Å². The number of aliphatic hydroxyl groups is 1. The van der Waals surface area contributed by atoms with Crippen LogP contribution in [0.2, 0.25) is 0 Å². The fourth-order valence-electron chi connectivity index (χ4n) is 4.61. The molecule has 0 aliphatic heterocycles. The lowest BCUT2D eigenvalue weighted by Crippen LogP contribution is -2.30. The van der Waals surface area contributed by atoms with Gasteiger partial charge in [-0.15, -0.1) is 0 Å². The van der Waals surface area contributed by atoms with Gasteiger partial charge in [-0.1, -0.05) is 73.2 Å². The van der Waals surface area contributed by atoms with Crippen LogP contribution in [0.3, 0.4) is 0 Å². The van der Waals surface area contributed by atoms with Crippen molar-refractivity contribution in [1.82, 2.24) is 14.7 Å². The number of para-hydroxylation sites is 1. The Labute approximate surface area is 214 Å². The van der Waals surface area contributed by atoms with Crippen molar-refractivity contribution in [2.24, 2.45) is 5.92 Å². The van der Waals surface area contributed by atoms with Crippen molar-refractivity contribution in [2.45, 2.75) is 45.8 Å². The fraction of sp³-hybridized carbons (Fsp3) is 0.323. The lowest BCUT2D eigenvalue weighted by molar-refractivity contribution is 0.105. The molecule has 186 valence electrons. The molecule has 1 aromatic heterocycles. The molecule has 1 aliphatic carbocycles. The minimum Gasteiger partial charge on any atom is -0.439 e. The number of aliphatic hydroxyl groups excluding tert-OH is 1. The Morgan fingerprint density at radius 2 is 1.64 bits per heavy atom. The summed E-state index contributed by atoms with van der Waals surface area (Å²) in [6.07, 6.45) is 2.78. The third-order valence-corrected chi connectivity index (χ3v) is 6.80. The molecule has 1 aliphatic rings. The monoisotopic (exact) mass is 481 g/mol. The van der Waals surface area contributed by atoms with Gasteiger partial charge < -0.3 is 9.84 Å². The summed E-state index contributed by atoms with van der Waals surface area (Å²) in [7, 11) is 0. The molecule has 4 aromatic rings. The molecule has 1 atom stereocenters. The molecule has 1 N–H and O–H groups in total. The number of hydrogen-bond acceptors (Lipinski definition) is 4. The van der Waals surface area contributed by atoms with E-state index in [1.807, 2.05) is 65.3 Å². The Bertz CT molecular complexity index is 1250. The molecule has 0 amide bonds. The third kappa shape index (κ3) is 5.86. The first-order valence-electron chi connectivity index (χ1n) is 13.0. The maximum absolute atomic E-state index is 11.0. The van der Waals surface area contributed by atoms with Gasteiger partial charge in [0.1, 0.15) is 5.75 Å². The minimum atomic E-state index is -0.541. The second kappa shape index (κ2) is 11.1. The predicted octanol–water partition coefficient (Wildman–Crippen LogP) is 6.48. The summed E-state index contributed by atoms with van der Waals surface area (Å²) in [4.78, 5) is 2.38. The Balaban J connectivity index is 1.50. The van der Waals surface area contributed by atoms with Crippen LogP contribution < -0.4 is 4.74 Å². The van der Waals surface area contributed by atoms with Crippen molar-refractivity contribution in [2.75, 3.05) is 13.1 Å². The molecule has 3 aromatic carbocycles. The highest BCUT2D eigenvalue weighted by Crippen LogP contribution is 2.35. The van der Waals surface area contributed by atoms with Crippen LogP contribution in [-0.4, -0.2) is 32.9 Å². The maximum Gasteiger partial charge on any atom is 0.227 e. The number of rotatable bonds is 11. The van der Waals surface area contributed by atoms with Crippen LogP contribution >= 0.6 is 0 Å². The van der Waals surface area contributed by atoms with Gasteiger partial charge in [0.15, 0.2) is 0 Å². The molecule has 5 rings (SSSR count). The number of ether oxygens (including phenoxy) is 1. The number of hydrogen-bond donors (Lipinski definition) is 1. The highest BCUT2D eigenvalue weighted by molar-refractivity contribution is 5.44. The first kappa shape index (κ1) is 24.3. The molecule has 1 heterocycles. The Morgan fingerprint density at radius 1 is 0.972 bits per heavy atom. The summed E-state index contributed by atoms with van der Waals surface area (Å²) >= 11 is 0. The van der Waals surface area contributed by atoms with Gasteiger partial charge in [-0.2, -0.15) is 5.10 Å². The molecule has 0 saturated heterocycles. The van der Waals surface area contributed by atoms with E-state index in [4.69, 9.17) is 9.84 Å². The van der Waals surface area contributed by atoms with Gasteiger partial charge in [-0.05, 0) is 61.9 Å². The lowest BCUT2D eigenvalue weighted by atomic mass is 10.1. The zero-order valence-electron chi connectivity index (χ0n) is 21.2. The molecule has 0 radical (unpaired) electrons. The van der Waals surface area contributed by atoms with Gasteiger partial charge in [0.2, 0.25) is 5.88 Å². The van der Waals surface area contributed by atoms with Gasteiger partial charge >= 0.3 is 0 Å². The Kier molecular flexibility index (Phi) is 7.49. The Hall–Kier alpha value is -3.41. The van der Waals surface area contributed by atoms with Crippen LogP contribution in [0.5, 0.6) is 11.6 Å². The normalized spacial score (nSPS) is 14.2. The van der Waals surface area contributed by atoms with Crippen molar-refractivity contribution in [1.29, 1.82) is 0 Å². The summed E-state index contributed by atoms with van der Waals surface area (Å²) in [5.41, 5.74) is 5.22. The van der Waals surface area contributed by atoms with Gasteiger partial charge in [-0.3, -0.25) is 4.90 Å². The first-order valence-corrected chi connectivity index (χ1v) is 13.0. The number of aryl methyl sites for hydroxylation is 2. The summed E-state index contributed by atoms with van der Waals surface area (Å²) < 4.78 is 8.48. The summed E-state index contributed by atoms with van der Waals surface area (Å²) in [6.45, 7) is 6.43.